The molecule has 2 aliphatic carbocycles. The summed E-state index contributed by atoms with van der Waals surface area (Å²) in [6.45, 7) is 2.21. The molecule has 0 aromatic heterocycles. The summed E-state index contributed by atoms with van der Waals surface area (Å²) in [6.07, 6.45) is 12.3. The van der Waals surface area contributed by atoms with Crippen LogP contribution in [0, 0.1) is 5.92 Å². The molecule has 0 radical (unpaired) electrons. The fraction of sp³-hybridized carbons (Fsp3) is 0.846. The second-order valence-corrected chi connectivity index (χ2v) is 5.02. The van der Waals surface area contributed by atoms with Crippen LogP contribution in [0.15, 0.2) is 12.2 Å². The number of rotatable bonds is 5. The third-order valence-corrected chi connectivity index (χ3v) is 3.96. The lowest BCUT2D eigenvalue weighted by Crippen LogP contribution is -2.48. The van der Waals surface area contributed by atoms with E-state index in [1.807, 2.05) is 7.11 Å². The molecule has 0 bridgehead atoms. The molecular weight excluding hydrogens is 186 g/mol. The van der Waals surface area contributed by atoms with Crippen molar-refractivity contribution < 1.29 is 4.74 Å². The standard InChI is InChI=1S/C13H23NO/c1-15-13(8-5-9-13)11-14-10-12-6-3-2-4-7-12/h2-3,12,14H,4-11H2,1H3. The lowest BCUT2D eigenvalue weighted by Gasteiger charge is -2.41. The topological polar surface area (TPSA) is 21.3 Å². The molecule has 2 rings (SSSR count). The van der Waals surface area contributed by atoms with Gasteiger partial charge in [0, 0.05) is 13.7 Å². The van der Waals surface area contributed by atoms with Gasteiger partial charge in [-0.2, -0.15) is 0 Å². The molecular formula is C13H23NO. The summed E-state index contributed by atoms with van der Waals surface area (Å²) in [4.78, 5) is 0. The molecule has 0 heterocycles. The van der Waals surface area contributed by atoms with Gasteiger partial charge in [-0.25, -0.2) is 0 Å². The van der Waals surface area contributed by atoms with Gasteiger partial charge >= 0.3 is 0 Å². The number of hydrogen-bond acceptors (Lipinski definition) is 2. The average molecular weight is 209 g/mol. The fourth-order valence-electron chi connectivity index (χ4n) is 2.57. The van der Waals surface area contributed by atoms with Gasteiger partial charge in [-0.1, -0.05) is 12.2 Å². The highest BCUT2D eigenvalue weighted by Crippen LogP contribution is 2.34. The minimum absolute atomic E-state index is 0.185. The summed E-state index contributed by atoms with van der Waals surface area (Å²) < 4.78 is 5.59. The smallest absolute Gasteiger partial charge is 0.0802 e. The predicted molar refractivity (Wildman–Crippen MR) is 62.9 cm³/mol. The van der Waals surface area contributed by atoms with Crippen molar-refractivity contribution >= 4 is 0 Å². The Morgan fingerprint density at radius 1 is 1.40 bits per heavy atom. The zero-order valence-corrected chi connectivity index (χ0v) is 9.80. The van der Waals surface area contributed by atoms with E-state index in [1.54, 1.807) is 0 Å². The lowest BCUT2D eigenvalue weighted by molar-refractivity contribution is -0.0697. The van der Waals surface area contributed by atoms with Crippen molar-refractivity contribution in [3.63, 3.8) is 0 Å². The molecule has 2 nitrogen and oxygen atoms in total. The first-order valence-electron chi connectivity index (χ1n) is 6.25. The summed E-state index contributed by atoms with van der Waals surface area (Å²) in [7, 11) is 1.85. The quantitative estimate of drug-likeness (QED) is 0.702. The van der Waals surface area contributed by atoms with Crippen LogP contribution in [0.25, 0.3) is 0 Å². The SMILES string of the molecule is COC1(CNCC2CC=CCC2)CCC1. The summed E-state index contributed by atoms with van der Waals surface area (Å²) in [5.41, 5.74) is 0.185. The highest BCUT2D eigenvalue weighted by atomic mass is 16.5. The molecule has 1 saturated carbocycles. The van der Waals surface area contributed by atoms with E-state index >= 15 is 0 Å². The second kappa shape index (κ2) is 5.13. The van der Waals surface area contributed by atoms with Gasteiger partial charge in [0.25, 0.3) is 0 Å². The first kappa shape index (κ1) is 11.2. The Bertz CT molecular complexity index is 215. The minimum atomic E-state index is 0.185. The third kappa shape index (κ3) is 2.82. The van der Waals surface area contributed by atoms with Crippen LogP contribution in [0.1, 0.15) is 38.5 Å². The molecule has 0 amide bonds. The predicted octanol–water partition coefficient (Wildman–Crippen LogP) is 2.50. The number of allylic oxidation sites excluding steroid dienone is 2. The Labute approximate surface area is 93.1 Å². The number of nitrogens with one attached hydrogen (secondary N) is 1. The maximum Gasteiger partial charge on any atom is 0.0802 e. The molecule has 0 spiro atoms. The fourth-order valence-corrected chi connectivity index (χ4v) is 2.57. The maximum absolute atomic E-state index is 5.59. The zero-order valence-electron chi connectivity index (χ0n) is 9.80. The number of hydrogen-bond donors (Lipinski definition) is 1. The van der Waals surface area contributed by atoms with Gasteiger partial charge in [0.05, 0.1) is 5.60 Å². The average Bonchev–Trinajstić information content (AvgIpc) is 2.24. The molecule has 1 atom stereocenters. The molecule has 0 saturated heterocycles. The molecule has 1 unspecified atom stereocenters. The van der Waals surface area contributed by atoms with Crippen LogP contribution in [0.5, 0.6) is 0 Å². The number of methoxy groups -OCH3 is 1. The van der Waals surface area contributed by atoms with E-state index in [2.05, 4.69) is 17.5 Å². The van der Waals surface area contributed by atoms with Gasteiger partial charge in [0.15, 0.2) is 0 Å². The summed E-state index contributed by atoms with van der Waals surface area (Å²) in [6, 6.07) is 0. The normalized spacial score (nSPS) is 28.7. The van der Waals surface area contributed by atoms with E-state index in [1.165, 1.54) is 38.5 Å². The van der Waals surface area contributed by atoms with Crippen molar-refractivity contribution in [2.45, 2.75) is 44.1 Å². The Balaban J connectivity index is 1.63. The maximum atomic E-state index is 5.59. The van der Waals surface area contributed by atoms with Gasteiger partial charge in [0.2, 0.25) is 0 Å². The van der Waals surface area contributed by atoms with E-state index in [4.69, 9.17) is 4.74 Å². The Morgan fingerprint density at radius 2 is 2.27 bits per heavy atom. The molecule has 0 aliphatic heterocycles. The van der Waals surface area contributed by atoms with Crippen molar-refractivity contribution in [1.82, 2.24) is 5.32 Å². The summed E-state index contributed by atoms with van der Waals surface area (Å²) >= 11 is 0. The largest absolute Gasteiger partial charge is 0.377 e. The van der Waals surface area contributed by atoms with Crippen LogP contribution in [-0.4, -0.2) is 25.8 Å². The summed E-state index contributed by atoms with van der Waals surface area (Å²) in [5, 5.41) is 3.59. The molecule has 1 N–H and O–H groups in total. The molecule has 1 fully saturated rings. The van der Waals surface area contributed by atoms with Crippen LogP contribution in [-0.2, 0) is 4.74 Å². The van der Waals surface area contributed by atoms with Crippen molar-refractivity contribution in [1.29, 1.82) is 0 Å². The van der Waals surface area contributed by atoms with Crippen molar-refractivity contribution in [2.75, 3.05) is 20.2 Å². The molecule has 0 aromatic carbocycles. The van der Waals surface area contributed by atoms with E-state index in [0.717, 1.165) is 19.0 Å². The Hall–Kier alpha value is -0.340. The summed E-state index contributed by atoms with van der Waals surface area (Å²) in [5.74, 6) is 0.851. The highest BCUT2D eigenvalue weighted by Gasteiger charge is 2.36. The number of ether oxygens (including phenoxy) is 1. The van der Waals surface area contributed by atoms with Crippen LogP contribution < -0.4 is 5.32 Å². The monoisotopic (exact) mass is 209 g/mol. The molecule has 15 heavy (non-hydrogen) atoms. The van der Waals surface area contributed by atoms with Gasteiger partial charge in [-0.3, -0.25) is 0 Å². The van der Waals surface area contributed by atoms with E-state index in [-0.39, 0.29) is 5.60 Å². The highest BCUT2D eigenvalue weighted by molar-refractivity contribution is 4.93. The molecule has 86 valence electrons. The zero-order chi connectivity index (χ0) is 10.6. The first-order valence-corrected chi connectivity index (χ1v) is 6.25. The van der Waals surface area contributed by atoms with E-state index in [0.29, 0.717) is 0 Å². The van der Waals surface area contributed by atoms with Gasteiger partial charge < -0.3 is 10.1 Å². The van der Waals surface area contributed by atoms with Crippen molar-refractivity contribution in [3.05, 3.63) is 12.2 Å². The third-order valence-electron chi connectivity index (χ3n) is 3.96. The minimum Gasteiger partial charge on any atom is -0.377 e. The molecule has 0 aromatic rings. The van der Waals surface area contributed by atoms with Crippen molar-refractivity contribution in [3.8, 4) is 0 Å². The van der Waals surface area contributed by atoms with Gasteiger partial charge in [0.1, 0.15) is 0 Å². The van der Waals surface area contributed by atoms with Crippen LogP contribution in [0.2, 0.25) is 0 Å². The van der Waals surface area contributed by atoms with E-state index in [9.17, 15) is 0 Å². The molecule has 2 aliphatic rings. The van der Waals surface area contributed by atoms with Crippen LogP contribution >= 0.6 is 0 Å². The van der Waals surface area contributed by atoms with Crippen LogP contribution in [0.4, 0.5) is 0 Å². The van der Waals surface area contributed by atoms with Crippen LogP contribution in [0.3, 0.4) is 0 Å². The second-order valence-electron chi connectivity index (χ2n) is 5.02. The lowest BCUT2D eigenvalue weighted by atomic mass is 9.80. The Kier molecular flexibility index (Phi) is 3.81. The molecule has 2 heteroatoms. The Morgan fingerprint density at radius 3 is 2.80 bits per heavy atom. The van der Waals surface area contributed by atoms with Gasteiger partial charge in [-0.15, -0.1) is 0 Å². The van der Waals surface area contributed by atoms with E-state index < -0.39 is 0 Å². The van der Waals surface area contributed by atoms with Gasteiger partial charge in [-0.05, 0) is 51.0 Å². The van der Waals surface area contributed by atoms with Crippen molar-refractivity contribution in [2.24, 2.45) is 5.92 Å². The first-order chi connectivity index (χ1) is 7.35.